The first-order valence-corrected chi connectivity index (χ1v) is 7.38. The summed E-state index contributed by atoms with van der Waals surface area (Å²) >= 11 is 1.70. The Bertz CT molecular complexity index is 518. The first kappa shape index (κ1) is 11.9. The molecule has 0 aromatic carbocycles. The molecular formula is C13H18N4S. The van der Waals surface area contributed by atoms with Gasteiger partial charge in [0.05, 0.1) is 10.2 Å². The average molecular weight is 262 g/mol. The SMILES string of the molecule is CC(CNc1ncnc2ccsc12)N1CCCC1. The first-order valence-electron chi connectivity index (χ1n) is 6.51. The van der Waals surface area contributed by atoms with Crippen LogP contribution >= 0.6 is 11.3 Å². The molecule has 0 aliphatic carbocycles. The van der Waals surface area contributed by atoms with Gasteiger partial charge in [-0.05, 0) is 44.3 Å². The van der Waals surface area contributed by atoms with Gasteiger partial charge < -0.3 is 5.32 Å². The maximum atomic E-state index is 4.35. The van der Waals surface area contributed by atoms with Gasteiger partial charge in [-0.3, -0.25) is 4.90 Å². The van der Waals surface area contributed by atoms with Gasteiger partial charge in [0.25, 0.3) is 0 Å². The number of nitrogens with zero attached hydrogens (tertiary/aromatic N) is 3. The Morgan fingerprint density at radius 3 is 3.06 bits per heavy atom. The molecule has 1 fully saturated rings. The molecule has 0 spiro atoms. The molecule has 1 unspecified atom stereocenters. The van der Waals surface area contributed by atoms with Crippen molar-refractivity contribution < 1.29 is 0 Å². The Hall–Kier alpha value is -1.20. The van der Waals surface area contributed by atoms with Crippen LogP contribution in [0.4, 0.5) is 5.82 Å². The fourth-order valence-corrected chi connectivity index (χ4v) is 3.28. The highest BCUT2D eigenvalue weighted by Crippen LogP contribution is 2.24. The number of thiophene rings is 1. The minimum Gasteiger partial charge on any atom is -0.367 e. The van der Waals surface area contributed by atoms with E-state index in [1.807, 2.05) is 6.07 Å². The molecular weight excluding hydrogens is 244 g/mol. The van der Waals surface area contributed by atoms with Gasteiger partial charge in [-0.1, -0.05) is 0 Å². The lowest BCUT2D eigenvalue weighted by molar-refractivity contribution is 0.269. The number of likely N-dealkylation sites (tertiary alicyclic amines) is 1. The Morgan fingerprint density at radius 2 is 2.22 bits per heavy atom. The third kappa shape index (κ3) is 2.33. The van der Waals surface area contributed by atoms with Crippen LogP contribution in [0.1, 0.15) is 19.8 Å². The van der Waals surface area contributed by atoms with E-state index in [-0.39, 0.29) is 0 Å². The molecule has 5 heteroatoms. The van der Waals surface area contributed by atoms with E-state index in [0.29, 0.717) is 6.04 Å². The summed E-state index contributed by atoms with van der Waals surface area (Å²) in [6, 6.07) is 2.61. The predicted octanol–water partition coefficient (Wildman–Crippen LogP) is 2.59. The number of fused-ring (bicyclic) bond motifs is 1. The van der Waals surface area contributed by atoms with E-state index < -0.39 is 0 Å². The van der Waals surface area contributed by atoms with E-state index in [4.69, 9.17) is 0 Å². The molecule has 3 heterocycles. The maximum Gasteiger partial charge on any atom is 0.147 e. The number of hydrogen-bond donors (Lipinski definition) is 1. The highest BCUT2D eigenvalue weighted by Gasteiger charge is 2.18. The fourth-order valence-electron chi connectivity index (χ4n) is 2.47. The van der Waals surface area contributed by atoms with Gasteiger partial charge in [-0.15, -0.1) is 11.3 Å². The minimum absolute atomic E-state index is 0.567. The molecule has 0 saturated carbocycles. The molecule has 2 aromatic rings. The largest absolute Gasteiger partial charge is 0.367 e. The molecule has 1 aliphatic heterocycles. The molecule has 3 rings (SSSR count). The van der Waals surface area contributed by atoms with Crippen LogP contribution in [0.5, 0.6) is 0 Å². The second kappa shape index (κ2) is 5.20. The smallest absolute Gasteiger partial charge is 0.147 e. The zero-order valence-corrected chi connectivity index (χ0v) is 11.4. The molecule has 0 radical (unpaired) electrons. The summed E-state index contributed by atoms with van der Waals surface area (Å²) < 4.78 is 1.16. The monoisotopic (exact) mass is 262 g/mol. The predicted molar refractivity (Wildman–Crippen MR) is 76.2 cm³/mol. The van der Waals surface area contributed by atoms with Crippen LogP contribution in [-0.2, 0) is 0 Å². The highest BCUT2D eigenvalue weighted by atomic mass is 32.1. The lowest BCUT2D eigenvalue weighted by Gasteiger charge is -2.24. The maximum absolute atomic E-state index is 4.35. The first-order chi connectivity index (χ1) is 8.84. The van der Waals surface area contributed by atoms with Crippen LogP contribution < -0.4 is 5.32 Å². The average Bonchev–Trinajstić information content (AvgIpc) is 3.05. The van der Waals surface area contributed by atoms with Gasteiger partial charge >= 0.3 is 0 Å². The molecule has 1 N–H and O–H groups in total. The van der Waals surface area contributed by atoms with Gasteiger partial charge in [0, 0.05) is 12.6 Å². The van der Waals surface area contributed by atoms with Crippen molar-refractivity contribution >= 4 is 27.4 Å². The van der Waals surface area contributed by atoms with Crippen molar-refractivity contribution in [3.63, 3.8) is 0 Å². The van der Waals surface area contributed by atoms with Gasteiger partial charge in [0.15, 0.2) is 0 Å². The summed E-state index contributed by atoms with van der Waals surface area (Å²) in [6.45, 7) is 5.71. The third-order valence-electron chi connectivity index (χ3n) is 3.57. The molecule has 4 nitrogen and oxygen atoms in total. The van der Waals surface area contributed by atoms with Crippen molar-refractivity contribution in [1.29, 1.82) is 0 Å². The zero-order valence-electron chi connectivity index (χ0n) is 10.6. The van der Waals surface area contributed by atoms with Crippen molar-refractivity contribution in [3.8, 4) is 0 Å². The van der Waals surface area contributed by atoms with Crippen molar-refractivity contribution in [3.05, 3.63) is 17.8 Å². The molecule has 2 aromatic heterocycles. The summed E-state index contributed by atoms with van der Waals surface area (Å²) in [5, 5.41) is 5.53. The number of rotatable bonds is 4. The number of nitrogens with one attached hydrogen (secondary N) is 1. The molecule has 1 saturated heterocycles. The zero-order chi connectivity index (χ0) is 12.4. The lowest BCUT2D eigenvalue weighted by Crippen LogP contribution is -2.35. The highest BCUT2D eigenvalue weighted by molar-refractivity contribution is 7.17. The van der Waals surface area contributed by atoms with Gasteiger partial charge in [-0.2, -0.15) is 0 Å². The molecule has 1 aliphatic rings. The van der Waals surface area contributed by atoms with Crippen molar-refractivity contribution in [2.45, 2.75) is 25.8 Å². The van der Waals surface area contributed by atoms with E-state index >= 15 is 0 Å². The van der Waals surface area contributed by atoms with Crippen LogP contribution in [0.25, 0.3) is 10.2 Å². The second-order valence-corrected chi connectivity index (χ2v) is 5.75. The van der Waals surface area contributed by atoms with Gasteiger partial charge in [0.1, 0.15) is 12.1 Å². The molecule has 18 heavy (non-hydrogen) atoms. The van der Waals surface area contributed by atoms with Crippen molar-refractivity contribution in [2.75, 3.05) is 25.0 Å². The molecule has 0 bridgehead atoms. The second-order valence-electron chi connectivity index (χ2n) is 4.83. The Kier molecular flexibility index (Phi) is 3.43. The van der Waals surface area contributed by atoms with Crippen LogP contribution in [-0.4, -0.2) is 40.5 Å². The van der Waals surface area contributed by atoms with Crippen LogP contribution in [0.15, 0.2) is 17.8 Å². The van der Waals surface area contributed by atoms with Crippen LogP contribution in [0.2, 0.25) is 0 Å². The Labute approximate surface area is 111 Å². The normalized spacial score (nSPS) is 18.3. The van der Waals surface area contributed by atoms with Crippen molar-refractivity contribution in [2.24, 2.45) is 0 Å². The topological polar surface area (TPSA) is 41.1 Å². The molecule has 96 valence electrons. The summed E-state index contributed by atoms with van der Waals surface area (Å²) in [7, 11) is 0. The van der Waals surface area contributed by atoms with E-state index in [2.05, 4.69) is 32.5 Å². The summed E-state index contributed by atoms with van der Waals surface area (Å²) in [6.07, 6.45) is 4.32. The van der Waals surface area contributed by atoms with E-state index in [1.54, 1.807) is 17.7 Å². The summed E-state index contributed by atoms with van der Waals surface area (Å²) in [5.41, 5.74) is 1.03. The fraction of sp³-hybridized carbons (Fsp3) is 0.538. The number of hydrogen-bond acceptors (Lipinski definition) is 5. The molecule has 0 amide bonds. The van der Waals surface area contributed by atoms with Crippen LogP contribution in [0.3, 0.4) is 0 Å². The van der Waals surface area contributed by atoms with E-state index in [1.165, 1.54) is 25.9 Å². The standard InChI is InChI=1S/C13H18N4S/c1-10(17-5-2-3-6-17)8-14-13-12-11(4-7-18-12)15-9-16-13/h4,7,9-10H,2-3,5-6,8H2,1H3,(H,14,15,16). The number of aromatic nitrogens is 2. The Balaban J connectivity index is 1.67. The third-order valence-corrected chi connectivity index (χ3v) is 4.48. The van der Waals surface area contributed by atoms with Gasteiger partial charge in [0.2, 0.25) is 0 Å². The van der Waals surface area contributed by atoms with Crippen LogP contribution in [0, 0.1) is 0 Å². The summed E-state index contributed by atoms with van der Waals surface area (Å²) in [4.78, 5) is 11.1. The summed E-state index contributed by atoms with van der Waals surface area (Å²) in [5.74, 6) is 0.973. The quantitative estimate of drug-likeness (QED) is 0.919. The minimum atomic E-state index is 0.567. The Morgan fingerprint density at radius 1 is 1.39 bits per heavy atom. The van der Waals surface area contributed by atoms with E-state index in [9.17, 15) is 0 Å². The van der Waals surface area contributed by atoms with Crippen molar-refractivity contribution in [1.82, 2.24) is 14.9 Å². The van der Waals surface area contributed by atoms with Gasteiger partial charge in [-0.25, -0.2) is 9.97 Å². The molecule has 1 atom stereocenters. The lowest BCUT2D eigenvalue weighted by atomic mass is 10.3. The van der Waals surface area contributed by atoms with E-state index in [0.717, 1.165) is 22.6 Å². The number of anilines is 1.